The number of nitrogens with one attached hydrogen (secondary N) is 2. The number of likely N-dealkylation sites (tertiary alicyclic amines) is 1. The Morgan fingerprint density at radius 3 is 2.75 bits per heavy atom. The van der Waals surface area contributed by atoms with Gasteiger partial charge in [0.1, 0.15) is 0 Å². The van der Waals surface area contributed by atoms with Crippen molar-refractivity contribution in [3.8, 4) is 0 Å². The van der Waals surface area contributed by atoms with Crippen LogP contribution in [0.4, 0.5) is 10.5 Å². The van der Waals surface area contributed by atoms with Gasteiger partial charge in [-0.2, -0.15) is 5.10 Å². The lowest BCUT2D eigenvalue weighted by Crippen LogP contribution is -2.35. The van der Waals surface area contributed by atoms with Gasteiger partial charge in [0, 0.05) is 38.4 Å². The van der Waals surface area contributed by atoms with E-state index in [0.29, 0.717) is 43.1 Å². The van der Waals surface area contributed by atoms with E-state index in [1.165, 1.54) is 5.56 Å². The number of urea groups is 1. The molecule has 168 valence electrons. The molecule has 4 N–H and O–H groups in total. The molecule has 0 saturated carbocycles. The molecular weight excluding hydrogens is 406 g/mol. The van der Waals surface area contributed by atoms with Crippen molar-refractivity contribution in [3.63, 3.8) is 0 Å². The molecule has 1 aliphatic rings. The number of benzene rings is 1. The minimum absolute atomic E-state index is 0.0102. The first-order valence-corrected chi connectivity index (χ1v) is 10.9. The van der Waals surface area contributed by atoms with Crippen molar-refractivity contribution in [3.05, 3.63) is 52.8 Å². The summed E-state index contributed by atoms with van der Waals surface area (Å²) in [5.74, 6) is -0.212. The number of primary amides is 1. The molecule has 4 rings (SSSR count). The van der Waals surface area contributed by atoms with E-state index in [9.17, 15) is 9.59 Å². The predicted octanol–water partition coefficient (Wildman–Crippen LogP) is 2.56. The van der Waals surface area contributed by atoms with E-state index in [-0.39, 0.29) is 11.9 Å². The normalized spacial score (nSPS) is 15.8. The molecule has 0 radical (unpaired) electrons. The Balaban J connectivity index is 1.61. The second kappa shape index (κ2) is 8.86. The minimum atomic E-state index is -0.431. The molecule has 3 amide bonds. The van der Waals surface area contributed by atoms with E-state index in [2.05, 4.69) is 26.8 Å². The molecule has 0 bridgehead atoms. The summed E-state index contributed by atoms with van der Waals surface area (Å²) in [6.07, 6.45) is 4.07. The number of carbonyl (C=O) groups excluding carboxylic acids is 2. The average Bonchev–Trinajstić information content (AvgIpc) is 3.40. The maximum absolute atomic E-state index is 13.2. The van der Waals surface area contributed by atoms with Crippen LogP contribution in [0.5, 0.6) is 0 Å². The highest BCUT2D eigenvalue weighted by molar-refractivity contribution is 6.06. The SMILES string of the molecule is CCn1ncc2c(N[C@@H]3CCN(C(N)=O)C3)c(C(=O)NCc3ccc(C)cc3C)cnc21. The average molecular weight is 436 g/mol. The predicted molar refractivity (Wildman–Crippen MR) is 123 cm³/mol. The minimum Gasteiger partial charge on any atom is -0.379 e. The third-order valence-corrected chi connectivity index (χ3v) is 6.00. The van der Waals surface area contributed by atoms with Crippen molar-refractivity contribution in [2.75, 3.05) is 18.4 Å². The highest BCUT2D eigenvalue weighted by atomic mass is 16.2. The van der Waals surface area contributed by atoms with E-state index in [1.807, 2.05) is 32.9 Å². The number of nitrogens with zero attached hydrogens (tertiary/aromatic N) is 4. The number of nitrogens with two attached hydrogens (primary N) is 1. The quantitative estimate of drug-likeness (QED) is 0.550. The number of amides is 3. The number of pyridine rings is 1. The van der Waals surface area contributed by atoms with Gasteiger partial charge in [-0.05, 0) is 38.3 Å². The van der Waals surface area contributed by atoms with Crippen LogP contribution in [-0.4, -0.2) is 50.7 Å². The Kier molecular flexibility index (Phi) is 5.98. The summed E-state index contributed by atoms with van der Waals surface area (Å²) in [5.41, 5.74) is 10.7. The van der Waals surface area contributed by atoms with Gasteiger partial charge in [-0.3, -0.25) is 4.79 Å². The largest absolute Gasteiger partial charge is 0.379 e. The lowest BCUT2D eigenvalue weighted by Gasteiger charge is -2.19. The zero-order valence-corrected chi connectivity index (χ0v) is 18.7. The second-order valence-electron chi connectivity index (χ2n) is 8.27. The van der Waals surface area contributed by atoms with Crippen LogP contribution in [-0.2, 0) is 13.1 Å². The van der Waals surface area contributed by atoms with Crippen LogP contribution in [0.2, 0.25) is 0 Å². The molecule has 3 heterocycles. The monoisotopic (exact) mass is 435 g/mol. The van der Waals surface area contributed by atoms with Gasteiger partial charge in [0.05, 0.1) is 22.8 Å². The second-order valence-corrected chi connectivity index (χ2v) is 8.27. The number of hydrogen-bond donors (Lipinski definition) is 3. The van der Waals surface area contributed by atoms with Crippen molar-refractivity contribution in [2.24, 2.45) is 5.73 Å². The summed E-state index contributed by atoms with van der Waals surface area (Å²) in [6.45, 7) is 8.26. The first-order chi connectivity index (χ1) is 15.4. The van der Waals surface area contributed by atoms with Crippen LogP contribution in [0.1, 0.15) is 40.4 Å². The fourth-order valence-electron chi connectivity index (χ4n) is 4.18. The molecule has 1 saturated heterocycles. The molecule has 3 aromatic rings. The first kappa shape index (κ1) is 21.6. The molecule has 9 heteroatoms. The van der Waals surface area contributed by atoms with Gasteiger partial charge in [0.25, 0.3) is 5.91 Å². The van der Waals surface area contributed by atoms with Gasteiger partial charge in [-0.1, -0.05) is 23.8 Å². The van der Waals surface area contributed by atoms with Crippen molar-refractivity contribution in [2.45, 2.75) is 46.3 Å². The molecule has 1 atom stereocenters. The van der Waals surface area contributed by atoms with Crippen LogP contribution in [0.15, 0.2) is 30.6 Å². The maximum Gasteiger partial charge on any atom is 0.314 e. The van der Waals surface area contributed by atoms with Crippen LogP contribution in [0.3, 0.4) is 0 Å². The summed E-state index contributed by atoms with van der Waals surface area (Å²) in [4.78, 5) is 30.8. The van der Waals surface area contributed by atoms with Gasteiger partial charge in [0.15, 0.2) is 5.65 Å². The van der Waals surface area contributed by atoms with Gasteiger partial charge < -0.3 is 21.3 Å². The zero-order chi connectivity index (χ0) is 22.8. The number of anilines is 1. The zero-order valence-electron chi connectivity index (χ0n) is 18.7. The number of aromatic nitrogens is 3. The molecule has 0 unspecified atom stereocenters. The van der Waals surface area contributed by atoms with E-state index >= 15 is 0 Å². The number of fused-ring (bicyclic) bond motifs is 1. The van der Waals surface area contributed by atoms with E-state index in [4.69, 9.17) is 5.73 Å². The van der Waals surface area contributed by atoms with Crippen molar-refractivity contribution in [1.29, 1.82) is 0 Å². The summed E-state index contributed by atoms with van der Waals surface area (Å²) in [7, 11) is 0. The van der Waals surface area contributed by atoms with Gasteiger partial charge >= 0.3 is 6.03 Å². The third-order valence-electron chi connectivity index (χ3n) is 6.00. The molecule has 0 aliphatic carbocycles. The Morgan fingerprint density at radius 2 is 2.06 bits per heavy atom. The van der Waals surface area contributed by atoms with E-state index < -0.39 is 6.03 Å². The van der Waals surface area contributed by atoms with Crippen molar-refractivity contribution in [1.82, 2.24) is 25.0 Å². The molecule has 1 aliphatic heterocycles. The number of hydrogen-bond acceptors (Lipinski definition) is 5. The van der Waals surface area contributed by atoms with Gasteiger partial charge in [-0.15, -0.1) is 0 Å². The Bertz CT molecular complexity index is 1170. The fourth-order valence-corrected chi connectivity index (χ4v) is 4.18. The molecule has 0 spiro atoms. The number of rotatable bonds is 6. The highest BCUT2D eigenvalue weighted by Crippen LogP contribution is 2.28. The smallest absolute Gasteiger partial charge is 0.314 e. The third kappa shape index (κ3) is 4.23. The lowest BCUT2D eigenvalue weighted by molar-refractivity contribution is 0.0951. The number of aryl methyl sites for hydroxylation is 3. The first-order valence-electron chi connectivity index (χ1n) is 10.9. The molecule has 9 nitrogen and oxygen atoms in total. The van der Waals surface area contributed by atoms with Crippen molar-refractivity contribution < 1.29 is 9.59 Å². The summed E-state index contributed by atoms with van der Waals surface area (Å²) in [5, 5.41) is 11.7. The van der Waals surface area contributed by atoms with Crippen molar-refractivity contribution >= 4 is 28.7 Å². The topological polar surface area (TPSA) is 118 Å². The van der Waals surface area contributed by atoms with E-state index in [0.717, 1.165) is 22.9 Å². The molecule has 2 aromatic heterocycles. The van der Waals surface area contributed by atoms with E-state index in [1.54, 1.807) is 22.0 Å². The Morgan fingerprint density at radius 1 is 1.25 bits per heavy atom. The van der Waals surface area contributed by atoms with Gasteiger partial charge in [-0.25, -0.2) is 14.5 Å². The standard InChI is InChI=1S/C23H29N7O2/c1-4-30-21-18(12-27-30)20(28-17-7-8-29(13-17)23(24)32)19(11-25-21)22(31)26-10-16-6-5-14(2)9-15(16)3/h5-6,9,11-12,17H,4,7-8,10,13H2,1-3H3,(H2,24,32)(H,25,28)(H,26,31)/t17-/m1/s1. The summed E-state index contributed by atoms with van der Waals surface area (Å²) >= 11 is 0. The molecule has 1 fully saturated rings. The Labute approximate surface area is 187 Å². The highest BCUT2D eigenvalue weighted by Gasteiger charge is 2.27. The molecule has 32 heavy (non-hydrogen) atoms. The maximum atomic E-state index is 13.2. The number of carbonyl (C=O) groups is 2. The lowest BCUT2D eigenvalue weighted by atomic mass is 10.1. The summed E-state index contributed by atoms with van der Waals surface area (Å²) < 4.78 is 1.79. The van der Waals surface area contributed by atoms with Crippen LogP contribution in [0, 0.1) is 13.8 Å². The molecular formula is C23H29N7O2. The van der Waals surface area contributed by atoms with Crippen LogP contribution in [0.25, 0.3) is 11.0 Å². The van der Waals surface area contributed by atoms with Crippen LogP contribution >= 0.6 is 0 Å². The Hall–Kier alpha value is -3.62. The summed E-state index contributed by atoms with van der Waals surface area (Å²) in [6, 6.07) is 5.74. The van der Waals surface area contributed by atoms with Crippen LogP contribution < -0.4 is 16.4 Å². The van der Waals surface area contributed by atoms with Gasteiger partial charge in [0.2, 0.25) is 0 Å². The molecule has 1 aromatic carbocycles. The fraction of sp³-hybridized carbons (Fsp3) is 0.391.